The van der Waals surface area contributed by atoms with Crippen LogP contribution in [0.15, 0.2) is 0 Å². The van der Waals surface area contributed by atoms with Gasteiger partial charge in [0.2, 0.25) is 0 Å². The quantitative estimate of drug-likeness (QED) is 0.693. The van der Waals surface area contributed by atoms with E-state index < -0.39 is 0 Å². The fraction of sp³-hybridized carbons (Fsp3) is 0.800. The van der Waals surface area contributed by atoms with Crippen molar-refractivity contribution in [3.8, 4) is 0 Å². The molecule has 0 aliphatic carbocycles. The highest BCUT2D eigenvalue weighted by atomic mass is 16.5. The van der Waals surface area contributed by atoms with E-state index in [0.29, 0.717) is 19.6 Å². The minimum absolute atomic E-state index is 0.143. The molecule has 0 heterocycles. The molecule has 0 saturated heterocycles. The Labute approximate surface area is 90.8 Å². The summed E-state index contributed by atoms with van der Waals surface area (Å²) in [5.74, 6) is -0.621. The molecule has 0 saturated carbocycles. The summed E-state index contributed by atoms with van der Waals surface area (Å²) in [6.45, 7) is 7.17. The molecule has 0 unspecified atom stereocenters. The Morgan fingerprint density at radius 3 is 2.27 bits per heavy atom. The van der Waals surface area contributed by atoms with Gasteiger partial charge in [-0.05, 0) is 13.8 Å². The van der Waals surface area contributed by atoms with Gasteiger partial charge in [-0.2, -0.15) is 0 Å². The van der Waals surface area contributed by atoms with Crippen LogP contribution >= 0.6 is 0 Å². The van der Waals surface area contributed by atoms with Crippen molar-refractivity contribution in [2.75, 3.05) is 26.7 Å². The molecule has 2 amide bonds. The molecular formula is C10H20N2O3. The number of ether oxygens (including phenoxy) is 1. The van der Waals surface area contributed by atoms with Crippen molar-refractivity contribution in [1.82, 2.24) is 10.2 Å². The van der Waals surface area contributed by atoms with Gasteiger partial charge < -0.3 is 15.0 Å². The van der Waals surface area contributed by atoms with Gasteiger partial charge in [0.1, 0.15) is 0 Å². The van der Waals surface area contributed by atoms with Crippen LogP contribution in [0, 0.1) is 5.92 Å². The van der Waals surface area contributed by atoms with Crippen LogP contribution in [0.25, 0.3) is 0 Å². The molecule has 1 N–H and O–H groups in total. The number of nitrogens with one attached hydrogen (secondary N) is 1. The Bertz CT molecular complexity index is 215. The first kappa shape index (κ1) is 13.7. The first-order chi connectivity index (χ1) is 7.06. The molecule has 0 bridgehead atoms. The molecule has 0 aliphatic heterocycles. The number of esters is 1. The van der Waals surface area contributed by atoms with E-state index in [2.05, 4.69) is 10.1 Å². The van der Waals surface area contributed by atoms with Crippen molar-refractivity contribution in [2.45, 2.75) is 20.8 Å². The zero-order valence-electron chi connectivity index (χ0n) is 9.87. The third-order valence-electron chi connectivity index (χ3n) is 2.21. The Hall–Kier alpha value is -1.26. The van der Waals surface area contributed by atoms with Crippen molar-refractivity contribution < 1.29 is 14.3 Å². The number of amides is 2. The summed E-state index contributed by atoms with van der Waals surface area (Å²) in [6, 6.07) is -0.143. The van der Waals surface area contributed by atoms with E-state index in [0.717, 1.165) is 0 Å². The topological polar surface area (TPSA) is 58.6 Å². The maximum Gasteiger partial charge on any atom is 0.317 e. The number of methoxy groups -OCH3 is 1. The van der Waals surface area contributed by atoms with Gasteiger partial charge in [-0.15, -0.1) is 0 Å². The Morgan fingerprint density at radius 1 is 1.33 bits per heavy atom. The van der Waals surface area contributed by atoms with Crippen LogP contribution in [-0.2, 0) is 9.53 Å². The molecule has 1 atom stereocenters. The Morgan fingerprint density at radius 2 is 1.87 bits per heavy atom. The molecule has 0 radical (unpaired) electrons. The zero-order chi connectivity index (χ0) is 11.8. The third-order valence-corrected chi connectivity index (χ3v) is 2.21. The van der Waals surface area contributed by atoms with Crippen molar-refractivity contribution in [3.63, 3.8) is 0 Å². The molecular weight excluding hydrogens is 196 g/mol. The predicted octanol–water partition coefficient (Wildman–Crippen LogP) is 0.847. The summed E-state index contributed by atoms with van der Waals surface area (Å²) >= 11 is 0. The van der Waals surface area contributed by atoms with Gasteiger partial charge in [0.25, 0.3) is 0 Å². The minimum atomic E-state index is -0.311. The highest BCUT2D eigenvalue weighted by molar-refractivity contribution is 5.76. The fourth-order valence-corrected chi connectivity index (χ4v) is 1.15. The molecule has 0 aromatic heterocycles. The summed E-state index contributed by atoms with van der Waals surface area (Å²) in [4.78, 5) is 24.2. The molecule has 88 valence electrons. The van der Waals surface area contributed by atoms with Crippen LogP contribution in [0.3, 0.4) is 0 Å². The first-order valence-corrected chi connectivity index (χ1v) is 5.17. The molecule has 0 fully saturated rings. The molecule has 5 nitrogen and oxygen atoms in total. The Balaban J connectivity index is 3.94. The van der Waals surface area contributed by atoms with Crippen LogP contribution in [0.4, 0.5) is 4.79 Å². The monoisotopic (exact) mass is 216 g/mol. The van der Waals surface area contributed by atoms with Gasteiger partial charge in [0, 0.05) is 19.6 Å². The molecule has 15 heavy (non-hydrogen) atoms. The predicted molar refractivity (Wildman–Crippen MR) is 57.5 cm³/mol. The van der Waals surface area contributed by atoms with E-state index in [1.165, 1.54) is 7.11 Å². The molecule has 0 aromatic carbocycles. The smallest absolute Gasteiger partial charge is 0.317 e. The van der Waals surface area contributed by atoms with E-state index in [-0.39, 0.29) is 17.9 Å². The van der Waals surface area contributed by atoms with Crippen LogP contribution in [0.2, 0.25) is 0 Å². The average molecular weight is 216 g/mol. The second-order valence-electron chi connectivity index (χ2n) is 3.28. The highest BCUT2D eigenvalue weighted by Crippen LogP contribution is 1.96. The number of urea groups is 1. The maximum atomic E-state index is 11.5. The van der Waals surface area contributed by atoms with E-state index in [1.807, 2.05) is 13.8 Å². The molecule has 0 rings (SSSR count). The van der Waals surface area contributed by atoms with Crippen LogP contribution in [0.1, 0.15) is 20.8 Å². The lowest BCUT2D eigenvalue weighted by Crippen LogP contribution is -2.42. The van der Waals surface area contributed by atoms with Gasteiger partial charge >= 0.3 is 12.0 Å². The lowest BCUT2D eigenvalue weighted by Gasteiger charge is -2.20. The Kier molecular flexibility index (Phi) is 6.49. The third kappa shape index (κ3) is 4.67. The normalized spacial score (nSPS) is 11.7. The number of nitrogens with zero attached hydrogens (tertiary/aromatic N) is 1. The summed E-state index contributed by atoms with van der Waals surface area (Å²) in [5, 5.41) is 2.69. The van der Waals surface area contributed by atoms with Crippen molar-refractivity contribution >= 4 is 12.0 Å². The molecule has 0 aromatic rings. The summed E-state index contributed by atoms with van der Waals surface area (Å²) in [6.07, 6.45) is 0. The average Bonchev–Trinajstić information content (AvgIpc) is 2.26. The lowest BCUT2D eigenvalue weighted by atomic mass is 10.2. The minimum Gasteiger partial charge on any atom is -0.469 e. The first-order valence-electron chi connectivity index (χ1n) is 5.17. The van der Waals surface area contributed by atoms with E-state index in [1.54, 1.807) is 11.8 Å². The van der Waals surface area contributed by atoms with Gasteiger partial charge in [0.15, 0.2) is 0 Å². The maximum absolute atomic E-state index is 11.5. The molecule has 0 spiro atoms. The van der Waals surface area contributed by atoms with Crippen LogP contribution in [-0.4, -0.2) is 43.6 Å². The van der Waals surface area contributed by atoms with Crippen molar-refractivity contribution in [2.24, 2.45) is 5.92 Å². The van der Waals surface area contributed by atoms with Gasteiger partial charge in [-0.1, -0.05) is 6.92 Å². The second kappa shape index (κ2) is 7.09. The van der Waals surface area contributed by atoms with Crippen LogP contribution < -0.4 is 5.32 Å². The number of carbonyl (C=O) groups excluding carboxylic acids is 2. The summed E-state index contributed by atoms with van der Waals surface area (Å²) in [5.41, 5.74) is 0. The van der Waals surface area contributed by atoms with E-state index >= 15 is 0 Å². The van der Waals surface area contributed by atoms with Crippen LogP contribution in [0.5, 0.6) is 0 Å². The second-order valence-corrected chi connectivity index (χ2v) is 3.28. The van der Waals surface area contributed by atoms with Gasteiger partial charge in [0.05, 0.1) is 13.0 Å². The lowest BCUT2D eigenvalue weighted by molar-refractivity contribution is -0.144. The number of hydrogen-bond acceptors (Lipinski definition) is 3. The van der Waals surface area contributed by atoms with Crippen molar-refractivity contribution in [3.05, 3.63) is 0 Å². The largest absolute Gasteiger partial charge is 0.469 e. The zero-order valence-corrected chi connectivity index (χ0v) is 9.87. The number of rotatable bonds is 5. The molecule has 5 heteroatoms. The summed E-state index contributed by atoms with van der Waals surface area (Å²) < 4.78 is 4.55. The SMILES string of the molecule is CCN(CC)C(=O)NC[C@H](C)C(=O)OC. The number of hydrogen-bond donors (Lipinski definition) is 1. The van der Waals surface area contributed by atoms with Gasteiger partial charge in [-0.3, -0.25) is 4.79 Å². The summed E-state index contributed by atoms with van der Waals surface area (Å²) in [7, 11) is 1.34. The van der Waals surface area contributed by atoms with Crippen molar-refractivity contribution in [1.29, 1.82) is 0 Å². The van der Waals surface area contributed by atoms with Gasteiger partial charge in [-0.25, -0.2) is 4.79 Å². The highest BCUT2D eigenvalue weighted by Gasteiger charge is 2.15. The fourth-order valence-electron chi connectivity index (χ4n) is 1.15. The van der Waals surface area contributed by atoms with E-state index in [9.17, 15) is 9.59 Å². The number of carbonyl (C=O) groups is 2. The standard InChI is InChI=1S/C10H20N2O3/c1-5-12(6-2)10(14)11-7-8(3)9(13)15-4/h8H,5-7H2,1-4H3,(H,11,14)/t8-/m0/s1. The van der Waals surface area contributed by atoms with E-state index in [4.69, 9.17) is 0 Å². The molecule has 0 aliphatic rings.